The molecule has 1 unspecified atom stereocenters. The van der Waals surface area contributed by atoms with Gasteiger partial charge in [-0.3, -0.25) is 9.69 Å². The summed E-state index contributed by atoms with van der Waals surface area (Å²) in [6, 6.07) is 10.4. The Labute approximate surface area is 164 Å². The zero-order valence-electron chi connectivity index (χ0n) is 14.1. The molecule has 1 aliphatic heterocycles. The lowest BCUT2D eigenvalue weighted by Crippen LogP contribution is -2.63. The van der Waals surface area contributed by atoms with Crippen molar-refractivity contribution in [2.45, 2.75) is 25.6 Å². The predicted octanol–water partition coefficient (Wildman–Crippen LogP) is 3.82. The molecule has 2 aromatic carbocycles. The number of benzene rings is 2. The fraction of sp³-hybridized carbons (Fsp3) is 0.222. The quantitative estimate of drug-likeness (QED) is 0.681. The lowest BCUT2D eigenvalue weighted by molar-refractivity contribution is -0.140. The van der Waals surface area contributed by atoms with Gasteiger partial charge in [-0.05, 0) is 56.3 Å². The predicted molar refractivity (Wildman–Crippen MR) is 104 cm³/mol. The molecule has 3 N–H and O–H groups in total. The van der Waals surface area contributed by atoms with E-state index in [0.717, 1.165) is 4.90 Å². The van der Waals surface area contributed by atoms with Crippen LogP contribution in [0.4, 0.5) is 16.2 Å². The molecule has 3 rings (SSSR count). The Hall–Kier alpha value is -2.09. The van der Waals surface area contributed by atoms with Gasteiger partial charge in [0.25, 0.3) is 11.6 Å². The number of halogens is 2. The second-order valence-electron chi connectivity index (χ2n) is 6.23. The summed E-state index contributed by atoms with van der Waals surface area (Å²) >= 11 is 9.28. The van der Waals surface area contributed by atoms with E-state index in [1.807, 2.05) is 0 Å². The highest BCUT2D eigenvalue weighted by Crippen LogP contribution is 2.41. The zero-order valence-corrected chi connectivity index (χ0v) is 16.4. The number of carbonyl (C=O) groups is 2. The average Bonchev–Trinajstić information content (AvgIpc) is 2.57. The number of urea groups is 1. The molecule has 0 saturated carbocycles. The first kappa shape index (κ1) is 18.7. The molecular weight excluding hydrogens is 422 g/mol. The van der Waals surface area contributed by atoms with Crippen molar-refractivity contribution in [3.8, 4) is 0 Å². The standard InChI is InChI=1S/C18H17BrClN3O3/c1-10(2)21-16(24)18(26)14-9-11(19)3-8-15(14)22-17(25)23(18)13-6-4-12(20)5-7-13/h3-10,26H,1-2H3,(H,21,24)(H,22,25). The second kappa shape index (κ2) is 6.90. The van der Waals surface area contributed by atoms with Crippen LogP contribution < -0.4 is 15.5 Å². The van der Waals surface area contributed by atoms with Gasteiger partial charge in [-0.25, -0.2) is 4.79 Å². The lowest BCUT2D eigenvalue weighted by atomic mass is 9.94. The number of aliphatic hydroxyl groups is 1. The molecule has 0 bridgehead atoms. The highest BCUT2D eigenvalue weighted by Gasteiger charge is 2.52. The Morgan fingerprint density at radius 1 is 1.27 bits per heavy atom. The van der Waals surface area contributed by atoms with Crippen molar-refractivity contribution in [2.24, 2.45) is 0 Å². The van der Waals surface area contributed by atoms with Crippen molar-refractivity contribution in [2.75, 3.05) is 10.2 Å². The highest BCUT2D eigenvalue weighted by atomic mass is 79.9. The third-order valence-electron chi connectivity index (χ3n) is 3.95. The van der Waals surface area contributed by atoms with E-state index >= 15 is 0 Å². The molecule has 0 aromatic heterocycles. The molecule has 3 amide bonds. The Kier molecular flexibility index (Phi) is 4.96. The van der Waals surface area contributed by atoms with Crippen molar-refractivity contribution < 1.29 is 14.7 Å². The van der Waals surface area contributed by atoms with Crippen LogP contribution in [-0.4, -0.2) is 23.1 Å². The molecule has 0 fully saturated rings. The Bertz CT molecular complexity index is 872. The van der Waals surface area contributed by atoms with Crippen LogP contribution in [0.15, 0.2) is 46.9 Å². The summed E-state index contributed by atoms with van der Waals surface area (Å²) in [7, 11) is 0. The topological polar surface area (TPSA) is 81.7 Å². The molecule has 1 atom stereocenters. The normalized spacial score (nSPS) is 19.2. The fourth-order valence-corrected chi connectivity index (χ4v) is 3.32. The third-order valence-corrected chi connectivity index (χ3v) is 4.69. The number of hydrogen-bond donors (Lipinski definition) is 3. The van der Waals surface area contributed by atoms with Crippen LogP contribution in [0.25, 0.3) is 0 Å². The number of carbonyl (C=O) groups excluding carboxylic acids is 2. The van der Waals surface area contributed by atoms with Gasteiger partial charge in [0.2, 0.25) is 0 Å². The summed E-state index contributed by atoms with van der Waals surface area (Å²) in [6.45, 7) is 3.55. The first-order chi connectivity index (χ1) is 12.2. The largest absolute Gasteiger partial charge is 0.359 e. The van der Waals surface area contributed by atoms with Gasteiger partial charge in [-0.1, -0.05) is 27.5 Å². The van der Waals surface area contributed by atoms with Crippen LogP contribution >= 0.6 is 27.5 Å². The van der Waals surface area contributed by atoms with Crippen molar-refractivity contribution >= 4 is 50.8 Å². The molecule has 0 aliphatic carbocycles. The van der Waals surface area contributed by atoms with E-state index in [4.69, 9.17) is 11.6 Å². The van der Waals surface area contributed by atoms with Crippen molar-refractivity contribution in [3.63, 3.8) is 0 Å². The number of rotatable bonds is 3. The minimum atomic E-state index is -2.22. The molecular formula is C18H17BrClN3O3. The van der Waals surface area contributed by atoms with Gasteiger partial charge in [0, 0.05) is 26.8 Å². The van der Waals surface area contributed by atoms with Crippen LogP contribution in [0.2, 0.25) is 5.02 Å². The van der Waals surface area contributed by atoms with Crippen LogP contribution in [-0.2, 0) is 10.5 Å². The average molecular weight is 439 g/mol. The van der Waals surface area contributed by atoms with E-state index in [2.05, 4.69) is 26.6 Å². The van der Waals surface area contributed by atoms with E-state index < -0.39 is 17.7 Å². The molecule has 6 nitrogen and oxygen atoms in total. The number of anilines is 2. The van der Waals surface area contributed by atoms with Gasteiger partial charge < -0.3 is 15.7 Å². The monoisotopic (exact) mass is 437 g/mol. The van der Waals surface area contributed by atoms with Crippen molar-refractivity contribution in [1.82, 2.24) is 5.32 Å². The van der Waals surface area contributed by atoms with E-state index in [1.165, 1.54) is 0 Å². The first-order valence-electron chi connectivity index (χ1n) is 7.93. The highest BCUT2D eigenvalue weighted by molar-refractivity contribution is 9.10. The third kappa shape index (κ3) is 3.18. The Morgan fingerprint density at radius 2 is 1.92 bits per heavy atom. The van der Waals surface area contributed by atoms with E-state index in [0.29, 0.717) is 20.9 Å². The number of nitrogens with zero attached hydrogens (tertiary/aromatic N) is 1. The van der Waals surface area contributed by atoms with Gasteiger partial charge >= 0.3 is 6.03 Å². The molecule has 0 radical (unpaired) electrons. The molecule has 8 heteroatoms. The van der Waals surface area contributed by atoms with Gasteiger partial charge in [0.05, 0.1) is 5.69 Å². The Balaban J connectivity index is 2.22. The van der Waals surface area contributed by atoms with Crippen LogP contribution in [0.3, 0.4) is 0 Å². The van der Waals surface area contributed by atoms with E-state index in [-0.39, 0.29) is 11.6 Å². The van der Waals surface area contributed by atoms with Gasteiger partial charge in [-0.2, -0.15) is 0 Å². The van der Waals surface area contributed by atoms with E-state index in [1.54, 1.807) is 56.3 Å². The Morgan fingerprint density at radius 3 is 2.54 bits per heavy atom. The molecule has 0 spiro atoms. The molecule has 0 saturated heterocycles. The maximum Gasteiger partial charge on any atom is 0.329 e. The summed E-state index contributed by atoms with van der Waals surface area (Å²) in [4.78, 5) is 26.8. The molecule has 2 aromatic rings. The van der Waals surface area contributed by atoms with Gasteiger partial charge in [-0.15, -0.1) is 0 Å². The summed E-state index contributed by atoms with van der Waals surface area (Å²) in [5, 5.41) is 17.4. The van der Waals surface area contributed by atoms with Crippen molar-refractivity contribution in [3.05, 3.63) is 57.5 Å². The number of nitrogens with one attached hydrogen (secondary N) is 2. The van der Waals surface area contributed by atoms with Crippen LogP contribution in [0.1, 0.15) is 19.4 Å². The summed E-state index contributed by atoms with van der Waals surface area (Å²) in [5.41, 5.74) is -1.26. The van der Waals surface area contributed by atoms with Crippen molar-refractivity contribution in [1.29, 1.82) is 0 Å². The molecule has 1 heterocycles. The number of amides is 3. The summed E-state index contributed by atoms with van der Waals surface area (Å²) in [6.07, 6.45) is 0. The summed E-state index contributed by atoms with van der Waals surface area (Å²) in [5.74, 6) is -0.698. The lowest BCUT2D eigenvalue weighted by Gasteiger charge is -2.43. The molecule has 1 aliphatic rings. The van der Waals surface area contributed by atoms with E-state index in [9.17, 15) is 14.7 Å². The molecule has 136 valence electrons. The minimum Gasteiger partial charge on any atom is -0.359 e. The maximum absolute atomic E-state index is 13.0. The summed E-state index contributed by atoms with van der Waals surface area (Å²) < 4.78 is 0.666. The fourth-order valence-electron chi connectivity index (χ4n) is 2.83. The second-order valence-corrected chi connectivity index (χ2v) is 7.58. The van der Waals surface area contributed by atoms with Crippen LogP contribution in [0, 0.1) is 0 Å². The SMILES string of the molecule is CC(C)NC(=O)C1(O)c2cc(Br)ccc2NC(=O)N1c1ccc(Cl)cc1. The molecule has 26 heavy (non-hydrogen) atoms. The van der Waals surface area contributed by atoms with Crippen LogP contribution in [0.5, 0.6) is 0 Å². The number of hydrogen-bond acceptors (Lipinski definition) is 3. The maximum atomic E-state index is 13.0. The first-order valence-corrected chi connectivity index (χ1v) is 9.10. The van der Waals surface area contributed by atoms with Gasteiger partial charge in [0.15, 0.2) is 0 Å². The zero-order chi connectivity index (χ0) is 19.1. The minimum absolute atomic E-state index is 0.223. The number of fused-ring (bicyclic) bond motifs is 1. The van der Waals surface area contributed by atoms with Gasteiger partial charge in [0.1, 0.15) is 0 Å². The smallest absolute Gasteiger partial charge is 0.329 e.